The van der Waals surface area contributed by atoms with E-state index in [4.69, 9.17) is 11.6 Å². The Morgan fingerprint density at radius 1 is 1.32 bits per heavy atom. The number of anilines is 1. The Hall–Kier alpha value is -1.79. The average molecular weight is 327 g/mol. The molecule has 120 valence electrons. The first-order valence-electron chi connectivity index (χ1n) is 7.25. The molecule has 7 heteroatoms. The third-order valence-electron chi connectivity index (χ3n) is 4.02. The molecule has 0 aromatic heterocycles. The molecule has 0 aliphatic carbocycles. The van der Waals surface area contributed by atoms with Crippen molar-refractivity contribution in [3.63, 3.8) is 0 Å². The van der Waals surface area contributed by atoms with E-state index >= 15 is 0 Å². The highest BCUT2D eigenvalue weighted by atomic mass is 35.5. The van der Waals surface area contributed by atoms with Crippen molar-refractivity contribution in [2.75, 3.05) is 38.2 Å². The van der Waals surface area contributed by atoms with Gasteiger partial charge in [-0.15, -0.1) is 0 Å². The molecule has 0 saturated carbocycles. The molecule has 0 unspecified atom stereocenters. The number of ether oxygens (including phenoxy) is 1. The van der Waals surface area contributed by atoms with Crippen LogP contribution in [-0.4, -0.2) is 51.3 Å². The monoisotopic (exact) mass is 326 g/mol. The first kappa shape index (κ1) is 16.6. The fraction of sp³-hybridized carbons (Fsp3) is 0.467. The minimum absolute atomic E-state index is 0.299. The molecule has 1 atom stereocenters. The zero-order chi connectivity index (χ0) is 16.1. The number of hydrogen-bond donors (Lipinski definition) is 2. The topological polar surface area (TPSA) is 63.1 Å². The van der Waals surface area contributed by atoms with Gasteiger partial charge < -0.3 is 14.5 Å². The number of hydrogen-bond acceptors (Lipinski definition) is 4. The first-order chi connectivity index (χ1) is 10.5. The standard InChI is InChI=1S/C15H20ClN3O3/c1-11(14(20)17-15(21)22-2)18-7-9-19(10-8-18)13-6-4-3-5-12(13)16/h3-6,11H,7-10H2,1-2H3,(H,17,20,21)/p+1/t11-/m0/s1. The summed E-state index contributed by atoms with van der Waals surface area (Å²) in [5.74, 6) is -0.312. The predicted octanol–water partition coefficient (Wildman–Crippen LogP) is 0.316. The maximum atomic E-state index is 11.9. The molecule has 2 N–H and O–H groups in total. The summed E-state index contributed by atoms with van der Waals surface area (Å²) in [6, 6.07) is 7.45. The molecule has 2 amide bonds. The van der Waals surface area contributed by atoms with Gasteiger partial charge in [0.2, 0.25) is 0 Å². The van der Waals surface area contributed by atoms with Crippen molar-refractivity contribution < 1.29 is 19.2 Å². The third kappa shape index (κ3) is 3.90. The highest BCUT2D eigenvalue weighted by Crippen LogP contribution is 2.24. The Labute approximate surface area is 135 Å². The molecule has 1 aromatic carbocycles. The van der Waals surface area contributed by atoms with Crippen LogP contribution in [0.15, 0.2) is 24.3 Å². The number of imide groups is 1. The number of alkyl carbamates (subject to hydrolysis) is 1. The summed E-state index contributed by atoms with van der Waals surface area (Å²) < 4.78 is 4.44. The second kappa shape index (κ2) is 7.47. The molecule has 0 radical (unpaired) electrons. The lowest BCUT2D eigenvalue weighted by atomic mass is 10.2. The summed E-state index contributed by atoms with van der Waals surface area (Å²) >= 11 is 6.22. The molecule has 22 heavy (non-hydrogen) atoms. The van der Waals surface area contributed by atoms with E-state index < -0.39 is 6.09 Å². The van der Waals surface area contributed by atoms with Crippen LogP contribution in [-0.2, 0) is 9.53 Å². The maximum Gasteiger partial charge on any atom is 0.413 e. The minimum atomic E-state index is -0.717. The number of carbonyl (C=O) groups is 2. The Balaban J connectivity index is 1.90. The van der Waals surface area contributed by atoms with Crippen LogP contribution in [0.3, 0.4) is 0 Å². The average Bonchev–Trinajstić information content (AvgIpc) is 2.54. The highest BCUT2D eigenvalue weighted by molar-refractivity contribution is 6.33. The molecule has 6 nitrogen and oxygen atoms in total. The molecular formula is C15H21ClN3O3+. The predicted molar refractivity (Wildman–Crippen MR) is 84.4 cm³/mol. The minimum Gasteiger partial charge on any atom is -0.453 e. The van der Waals surface area contributed by atoms with E-state index in [1.807, 2.05) is 31.2 Å². The van der Waals surface area contributed by atoms with Crippen LogP contribution in [0.4, 0.5) is 10.5 Å². The van der Waals surface area contributed by atoms with E-state index in [0.29, 0.717) is 0 Å². The molecule has 1 saturated heterocycles. The number of para-hydroxylation sites is 1. The number of halogens is 1. The van der Waals surface area contributed by atoms with E-state index in [-0.39, 0.29) is 11.9 Å². The highest BCUT2D eigenvalue weighted by Gasteiger charge is 2.30. The summed E-state index contributed by atoms with van der Waals surface area (Å²) in [6.45, 7) is 5.06. The molecule has 0 spiro atoms. The zero-order valence-electron chi connectivity index (χ0n) is 12.8. The molecule has 1 aromatic rings. The van der Waals surface area contributed by atoms with Crippen molar-refractivity contribution in [1.82, 2.24) is 5.32 Å². The summed E-state index contributed by atoms with van der Waals surface area (Å²) in [4.78, 5) is 26.4. The van der Waals surface area contributed by atoms with Crippen molar-refractivity contribution in [3.8, 4) is 0 Å². The van der Waals surface area contributed by atoms with Crippen LogP contribution in [0.25, 0.3) is 0 Å². The van der Waals surface area contributed by atoms with Crippen molar-refractivity contribution >= 4 is 29.3 Å². The molecule has 0 bridgehead atoms. The number of carbonyl (C=O) groups excluding carboxylic acids is 2. The molecule has 2 rings (SSSR count). The van der Waals surface area contributed by atoms with Crippen molar-refractivity contribution in [2.24, 2.45) is 0 Å². The molecule has 1 heterocycles. The van der Waals surface area contributed by atoms with E-state index in [9.17, 15) is 9.59 Å². The van der Waals surface area contributed by atoms with Gasteiger partial charge in [-0.25, -0.2) is 4.79 Å². The lowest BCUT2D eigenvalue weighted by molar-refractivity contribution is -0.914. The largest absolute Gasteiger partial charge is 0.453 e. The number of nitrogens with zero attached hydrogens (tertiary/aromatic N) is 1. The molecule has 1 fully saturated rings. The Morgan fingerprint density at radius 2 is 1.95 bits per heavy atom. The van der Waals surface area contributed by atoms with Crippen LogP contribution in [0.1, 0.15) is 6.92 Å². The van der Waals surface area contributed by atoms with Gasteiger partial charge in [-0.1, -0.05) is 23.7 Å². The number of methoxy groups -OCH3 is 1. The van der Waals surface area contributed by atoms with Crippen LogP contribution >= 0.6 is 11.6 Å². The Bertz CT molecular complexity index is 545. The van der Waals surface area contributed by atoms with Crippen LogP contribution in [0.5, 0.6) is 0 Å². The number of quaternary nitrogens is 1. The Kier molecular flexibility index (Phi) is 5.63. The molecular weight excluding hydrogens is 306 g/mol. The normalized spacial score (nSPS) is 17.0. The van der Waals surface area contributed by atoms with E-state index in [1.54, 1.807) is 0 Å². The van der Waals surface area contributed by atoms with E-state index in [0.717, 1.165) is 41.8 Å². The van der Waals surface area contributed by atoms with Crippen molar-refractivity contribution in [2.45, 2.75) is 13.0 Å². The summed E-state index contributed by atoms with van der Waals surface area (Å²) in [5.41, 5.74) is 1.02. The number of rotatable bonds is 3. The number of benzene rings is 1. The second-order valence-corrected chi connectivity index (χ2v) is 5.71. The van der Waals surface area contributed by atoms with Crippen LogP contribution < -0.4 is 15.1 Å². The lowest BCUT2D eigenvalue weighted by Crippen LogP contribution is -3.19. The fourth-order valence-corrected chi connectivity index (χ4v) is 2.88. The zero-order valence-corrected chi connectivity index (χ0v) is 13.5. The summed E-state index contributed by atoms with van der Waals surface area (Å²) in [7, 11) is 1.24. The van der Waals surface area contributed by atoms with Crippen molar-refractivity contribution in [3.05, 3.63) is 29.3 Å². The van der Waals surface area contributed by atoms with E-state index in [2.05, 4.69) is 15.0 Å². The van der Waals surface area contributed by atoms with Gasteiger partial charge in [-0.05, 0) is 19.1 Å². The van der Waals surface area contributed by atoms with Gasteiger partial charge in [-0.2, -0.15) is 0 Å². The molecule has 1 aliphatic heterocycles. The summed E-state index contributed by atoms with van der Waals surface area (Å²) in [6.07, 6.45) is -0.717. The van der Waals surface area contributed by atoms with Crippen LogP contribution in [0, 0.1) is 0 Å². The van der Waals surface area contributed by atoms with E-state index in [1.165, 1.54) is 7.11 Å². The third-order valence-corrected chi connectivity index (χ3v) is 4.33. The Morgan fingerprint density at radius 3 is 2.55 bits per heavy atom. The maximum absolute atomic E-state index is 11.9. The van der Waals surface area contributed by atoms with Gasteiger partial charge in [0, 0.05) is 0 Å². The molecule has 1 aliphatic rings. The van der Waals surface area contributed by atoms with Gasteiger partial charge in [0.1, 0.15) is 0 Å². The first-order valence-corrected chi connectivity index (χ1v) is 7.63. The summed E-state index contributed by atoms with van der Waals surface area (Å²) in [5, 5.41) is 2.96. The fourth-order valence-electron chi connectivity index (χ4n) is 2.62. The van der Waals surface area contributed by atoms with Gasteiger partial charge in [0.15, 0.2) is 6.04 Å². The number of amides is 2. The lowest BCUT2D eigenvalue weighted by Gasteiger charge is -2.36. The SMILES string of the molecule is COC(=O)NC(=O)[C@H](C)[NH+]1CCN(c2ccccc2Cl)CC1. The van der Waals surface area contributed by atoms with Gasteiger partial charge in [0.05, 0.1) is 44.0 Å². The van der Waals surface area contributed by atoms with Gasteiger partial charge in [-0.3, -0.25) is 10.1 Å². The quantitative estimate of drug-likeness (QED) is 0.839. The number of piperazine rings is 1. The second-order valence-electron chi connectivity index (χ2n) is 5.30. The number of nitrogens with one attached hydrogen (secondary N) is 2. The van der Waals surface area contributed by atoms with Crippen LogP contribution in [0.2, 0.25) is 5.02 Å². The van der Waals surface area contributed by atoms with Gasteiger partial charge >= 0.3 is 6.09 Å². The smallest absolute Gasteiger partial charge is 0.413 e. The van der Waals surface area contributed by atoms with Gasteiger partial charge in [0.25, 0.3) is 5.91 Å². The van der Waals surface area contributed by atoms with Crippen molar-refractivity contribution in [1.29, 1.82) is 0 Å².